The Balaban J connectivity index is 0.000000184. The van der Waals surface area contributed by atoms with Crippen LogP contribution in [0.15, 0.2) is 218 Å². The summed E-state index contributed by atoms with van der Waals surface area (Å²) in [6, 6.07) is 48.7. The number of pyridine rings is 3. The van der Waals surface area contributed by atoms with Crippen LogP contribution in [0.1, 0.15) is 52.0 Å². The highest BCUT2D eigenvalue weighted by molar-refractivity contribution is 5.85. The fourth-order valence-electron chi connectivity index (χ4n) is 6.49. The summed E-state index contributed by atoms with van der Waals surface area (Å²) in [5.41, 5.74) is 12.1. The number of hydrogen-bond donors (Lipinski definition) is 1. The number of para-hydroxylation sites is 3. The molecule has 386 valence electrons. The van der Waals surface area contributed by atoms with Crippen LogP contribution in [-0.4, -0.2) is 77.0 Å². The molecule has 75 heavy (non-hydrogen) atoms. The average molecular weight is 1000 g/mol. The fraction of sp³-hybridized carbons (Fsp3) is 0.206. The molecular weight excluding hydrogens is 931 g/mol. The molecule has 12 nitrogen and oxygen atoms in total. The van der Waals surface area contributed by atoms with E-state index in [2.05, 4.69) is 108 Å². The van der Waals surface area contributed by atoms with Crippen molar-refractivity contribution in [2.75, 3.05) is 26.3 Å². The van der Waals surface area contributed by atoms with Gasteiger partial charge in [-0.2, -0.15) is 0 Å². The van der Waals surface area contributed by atoms with Gasteiger partial charge in [0.25, 0.3) is 0 Å². The molecule has 12 rings (SSSR count). The molecule has 0 radical (unpaired) electrons. The quantitative estimate of drug-likeness (QED) is 0.156. The molecule has 0 saturated carbocycles. The van der Waals surface area contributed by atoms with Gasteiger partial charge in [0.2, 0.25) is 5.91 Å². The lowest BCUT2D eigenvalue weighted by molar-refractivity contribution is -0.132. The van der Waals surface area contributed by atoms with Crippen molar-refractivity contribution in [3.05, 3.63) is 259 Å². The molecule has 7 aromatic heterocycles. The van der Waals surface area contributed by atoms with Crippen molar-refractivity contribution in [2.24, 2.45) is 0 Å². The van der Waals surface area contributed by atoms with E-state index in [9.17, 15) is 4.79 Å². The summed E-state index contributed by atoms with van der Waals surface area (Å²) in [6.07, 6.45) is 19.5. The van der Waals surface area contributed by atoms with Crippen LogP contribution in [0, 0.1) is 55.4 Å². The topological polar surface area (TPSA) is 149 Å². The minimum absolute atomic E-state index is 0.151. The highest BCUT2D eigenvalue weighted by atomic mass is 16.5. The number of hydrogen-bond acceptors (Lipinski definition) is 10. The van der Waals surface area contributed by atoms with E-state index in [1.807, 2.05) is 151 Å². The Bertz CT molecular complexity index is 2990. The summed E-state index contributed by atoms with van der Waals surface area (Å²) < 4.78 is 9.77. The van der Waals surface area contributed by atoms with E-state index in [0.29, 0.717) is 13.2 Å². The van der Waals surface area contributed by atoms with Gasteiger partial charge in [-0.05, 0) is 143 Å². The lowest BCUT2D eigenvalue weighted by Crippen LogP contribution is -2.39. The van der Waals surface area contributed by atoms with Crippen molar-refractivity contribution in [1.29, 1.82) is 0 Å². The summed E-state index contributed by atoms with van der Waals surface area (Å²) in [5.74, 6) is 0.151. The molecule has 1 fully saturated rings. The number of aryl methyl sites for hydroxylation is 8. The standard InChI is InChI=1S/C11H10.C10H9N.C9H8N2.C6H11NO2.2C6H7N.C5H6N2.C5H7N.C5H6O/c1-9-5-4-7-10-6-2-3-8-11(9)10;1-8-6-7-9-4-2-3-5-10(9)11-8;1-7-6-10-8-4-2-3-5-9(8)11-7;1-6(8)7-2-4-9-5-3-7;1-6-3-2-4-7-5-6;1-6-4-2-3-5-7-6;1-5-4-6-2-3-7-5;2*1-5-2-3-6-4-5/h2-8H,1H3;2-7H,1H3;2-6H,1H3;2-5H2,1H3;2*2-5H,1H3;2-4H,1H3;2-4,6H,1H3;2-4H,1H3. The van der Waals surface area contributed by atoms with Crippen LogP contribution in [0.4, 0.5) is 0 Å². The Labute approximate surface area is 443 Å². The summed E-state index contributed by atoms with van der Waals surface area (Å²) in [6.45, 7) is 20.5. The number of ether oxygens (including phenoxy) is 1. The molecule has 0 spiro atoms. The zero-order valence-corrected chi connectivity index (χ0v) is 44.8. The van der Waals surface area contributed by atoms with Crippen molar-refractivity contribution >= 4 is 38.6 Å². The third kappa shape index (κ3) is 25.0. The molecule has 0 atom stereocenters. The second kappa shape index (κ2) is 34.6. The summed E-state index contributed by atoms with van der Waals surface area (Å²) in [5, 5.41) is 3.89. The Kier molecular flexibility index (Phi) is 27.1. The monoisotopic (exact) mass is 1000 g/mol. The van der Waals surface area contributed by atoms with Gasteiger partial charge in [-0.1, -0.05) is 91.0 Å². The minimum Gasteiger partial charge on any atom is -0.472 e. The lowest BCUT2D eigenvalue weighted by Gasteiger charge is -2.25. The van der Waals surface area contributed by atoms with Gasteiger partial charge in [-0.15, -0.1) is 0 Å². The van der Waals surface area contributed by atoms with E-state index in [4.69, 9.17) is 9.15 Å². The predicted octanol–water partition coefficient (Wildman–Crippen LogP) is 14.0. The molecule has 11 aromatic rings. The Morgan fingerprint density at radius 2 is 1.16 bits per heavy atom. The average Bonchev–Trinajstić information content (AvgIpc) is 4.14. The van der Waals surface area contributed by atoms with Gasteiger partial charge >= 0.3 is 0 Å². The number of amides is 1. The second-order valence-corrected chi connectivity index (χ2v) is 17.1. The van der Waals surface area contributed by atoms with Gasteiger partial charge in [-0.3, -0.25) is 34.7 Å². The van der Waals surface area contributed by atoms with Crippen molar-refractivity contribution < 1.29 is 13.9 Å². The predicted molar refractivity (Wildman–Crippen MR) is 306 cm³/mol. The molecule has 8 heterocycles. The molecule has 0 aliphatic carbocycles. The molecule has 1 aliphatic rings. The minimum atomic E-state index is 0.151. The fourth-order valence-corrected chi connectivity index (χ4v) is 6.49. The van der Waals surface area contributed by atoms with E-state index in [1.54, 1.807) is 61.5 Å². The van der Waals surface area contributed by atoms with Crippen LogP contribution >= 0.6 is 0 Å². The third-order valence-electron chi connectivity index (χ3n) is 10.5. The van der Waals surface area contributed by atoms with Crippen LogP contribution in [-0.2, 0) is 9.53 Å². The normalized spacial score (nSPS) is 10.8. The van der Waals surface area contributed by atoms with Gasteiger partial charge < -0.3 is 19.0 Å². The first-order valence-electron chi connectivity index (χ1n) is 24.7. The SMILES string of the molecule is CC(=O)N1CCOCC1.Cc1cc[nH]c1.Cc1ccc2ccccc2n1.Cc1cccc2ccccc12.Cc1ccccn1.Cc1cccnc1.Cc1ccoc1.Cc1cnc2ccccc2n1.Cc1cnccn1. The molecule has 4 aromatic carbocycles. The molecule has 1 aliphatic heterocycles. The Hall–Kier alpha value is -8.74. The van der Waals surface area contributed by atoms with Crippen molar-refractivity contribution in [3.8, 4) is 0 Å². The van der Waals surface area contributed by atoms with Crippen LogP contribution in [0.5, 0.6) is 0 Å². The summed E-state index contributed by atoms with van der Waals surface area (Å²) >= 11 is 0. The number of nitrogens with one attached hydrogen (secondary N) is 1. The Morgan fingerprint density at radius 1 is 0.493 bits per heavy atom. The smallest absolute Gasteiger partial charge is 0.219 e. The third-order valence-corrected chi connectivity index (χ3v) is 10.5. The molecule has 0 unspecified atom stereocenters. The van der Waals surface area contributed by atoms with Gasteiger partial charge in [0.05, 0.1) is 53.7 Å². The van der Waals surface area contributed by atoms with E-state index in [0.717, 1.165) is 52.4 Å². The first kappa shape index (κ1) is 58.8. The van der Waals surface area contributed by atoms with Gasteiger partial charge in [0, 0.05) is 92.6 Å². The number of morpholine rings is 1. The second-order valence-electron chi connectivity index (χ2n) is 17.1. The lowest BCUT2D eigenvalue weighted by atomic mass is 10.1. The number of carbonyl (C=O) groups excluding carboxylic acids is 1. The maximum Gasteiger partial charge on any atom is 0.219 e. The highest BCUT2D eigenvalue weighted by Crippen LogP contribution is 2.17. The van der Waals surface area contributed by atoms with Crippen molar-refractivity contribution in [3.63, 3.8) is 0 Å². The van der Waals surface area contributed by atoms with Crippen molar-refractivity contribution in [2.45, 2.75) is 62.3 Å². The number of furan rings is 1. The number of aromatic amines is 1. The summed E-state index contributed by atoms with van der Waals surface area (Å²) in [7, 11) is 0. The van der Waals surface area contributed by atoms with Gasteiger partial charge in [-0.25, -0.2) is 4.98 Å². The first-order valence-corrected chi connectivity index (χ1v) is 24.7. The van der Waals surface area contributed by atoms with Gasteiger partial charge in [0.1, 0.15) is 0 Å². The number of rotatable bonds is 0. The molecule has 0 bridgehead atoms. The summed E-state index contributed by atoms with van der Waals surface area (Å²) in [4.78, 5) is 43.9. The van der Waals surface area contributed by atoms with Crippen molar-refractivity contribution in [1.82, 2.24) is 44.8 Å². The number of fused-ring (bicyclic) bond motifs is 3. The zero-order chi connectivity index (χ0) is 53.9. The number of H-pyrrole nitrogens is 1. The van der Waals surface area contributed by atoms with Crippen LogP contribution in [0.25, 0.3) is 32.7 Å². The zero-order valence-electron chi connectivity index (χ0n) is 44.8. The first-order chi connectivity index (χ1) is 36.4. The van der Waals surface area contributed by atoms with Crippen LogP contribution in [0.2, 0.25) is 0 Å². The number of nitrogens with zero attached hydrogens (tertiary/aromatic N) is 8. The maximum absolute atomic E-state index is 10.7. The molecule has 12 heteroatoms. The van der Waals surface area contributed by atoms with E-state index >= 15 is 0 Å². The largest absolute Gasteiger partial charge is 0.472 e. The van der Waals surface area contributed by atoms with E-state index < -0.39 is 0 Å². The molecule has 1 N–H and O–H groups in total. The maximum atomic E-state index is 10.7. The molecule has 1 amide bonds. The number of aromatic nitrogens is 8. The van der Waals surface area contributed by atoms with E-state index in [1.165, 1.54) is 38.4 Å². The van der Waals surface area contributed by atoms with Crippen LogP contribution in [0.3, 0.4) is 0 Å². The number of benzene rings is 4. The Morgan fingerprint density at radius 3 is 1.65 bits per heavy atom. The molecule has 1 saturated heterocycles. The van der Waals surface area contributed by atoms with Gasteiger partial charge in [0.15, 0.2) is 0 Å². The number of carbonyl (C=O) groups is 1. The highest BCUT2D eigenvalue weighted by Gasteiger charge is 2.11. The van der Waals surface area contributed by atoms with E-state index in [-0.39, 0.29) is 5.91 Å². The molecular formula is C63H71N9O3. The van der Waals surface area contributed by atoms with Crippen LogP contribution < -0.4 is 0 Å².